The second-order valence-corrected chi connectivity index (χ2v) is 7.56. The van der Waals surface area contributed by atoms with Gasteiger partial charge < -0.3 is 15.2 Å². The van der Waals surface area contributed by atoms with Crippen LogP contribution < -0.4 is 10.6 Å². The minimum Gasteiger partial charge on any atom is -0.331 e. The summed E-state index contributed by atoms with van der Waals surface area (Å²) < 4.78 is 2.09. The zero-order valence-electron chi connectivity index (χ0n) is 14.3. The number of nitrogens with zero attached hydrogens (tertiary/aromatic N) is 1. The van der Waals surface area contributed by atoms with Crippen molar-refractivity contribution in [3.8, 4) is 5.00 Å². The molecule has 2 N–H and O–H groups in total. The van der Waals surface area contributed by atoms with Crippen LogP contribution in [0.4, 0.5) is 10.5 Å². The highest BCUT2D eigenvalue weighted by atomic mass is 35.5. The van der Waals surface area contributed by atoms with Gasteiger partial charge in [0, 0.05) is 33.5 Å². The largest absolute Gasteiger partial charge is 0.331 e. The first-order valence-corrected chi connectivity index (χ1v) is 9.21. The standard InChI is InChI=1S/C19H20ClN3OS/c1-12-14(3)25-18(23-9-4-5-10-23)17(12)13(2)21-19(24)22-16-8-6-7-15(20)11-16/h4-11,13H,1-3H3,(H2,21,22,24)/t13-/m1/s1. The lowest BCUT2D eigenvalue weighted by molar-refractivity contribution is 0.249. The van der Waals surface area contributed by atoms with Crippen molar-refractivity contribution in [3.63, 3.8) is 0 Å². The summed E-state index contributed by atoms with van der Waals surface area (Å²) in [6.07, 6.45) is 4.04. The van der Waals surface area contributed by atoms with Crippen LogP contribution in [0.2, 0.25) is 5.02 Å². The Morgan fingerprint density at radius 2 is 1.92 bits per heavy atom. The predicted molar refractivity (Wildman–Crippen MR) is 105 cm³/mol. The third-order valence-corrected chi connectivity index (χ3v) is 5.59. The number of hydrogen-bond donors (Lipinski definition) is 2. The Balaban J connectivity index is 1.79. The van der Waals surface area contributed by atoms with Gasteiger partial charge in [-0.25, -0.2) is 4.79 Å². The van der Waals surface area contributed by atoms with E-state index in [1.54, 1.807) is 35.6 Å². The van der Waals surface area contributed by atoms with E-state index in [0.29, 0.717) is 10.7 Å². The van der Waals surface area contributed by atoms with E-state index < -0.39 is 0 Å². The Bertz CT molecular complexity index is 886. The van der Waals surface area contributed by atoms with Crippen molar-refractivity contribution in [1.29, 1.82) is 0 Å². The second kappa shape index (κ2) is 7.33. The molecule has 0 saturated carbocycles. The number of nitrogens with one attached hydrogen (secondary N) is 2. The molecule has 0 bridgehead atoms. The topological polar surface area (TPSA) is 46.1 Å². The molecule has 0 fully saturated rings. The Morgan fingerprint density at radius 1 is 1.20 bits per heavy atom. The van der Waals surface area contributed by atoms with Gasteiger partial charge in [-0.15, -0.1) is 11.3 Å². The van der Waals surface area contributed by atoms with Crippen LogP contribution in [0.1, 0.15) is 29.0 Å². The average molecular weight is 374 g/mol. The van der Waals surface area contributed by atoms with Crippen LogP contribution in [0.15, 0.2) is 48.8 Å². The summed E-state index contributed by atoms with van der Waals surface area (Å²) in [6, 6.07) is 10.7. The number of thiophene rings is 1. The van der Waals surface area contributed by atoms with E-state index in [4.69, 9.17) is 11.6 Å². The Kier molecular flexibility index (Phi) is 5.16. The molecule has 3 rings (SSSR count). The van der Waals surface area contributed by atoms with Crippen molar-refractivity contribution in [1.82, 2.24) is 9.88 Å². The summed E-state index contributed by atoms with van der Waals surface area (Å²) in [5.41, 5.74) is 3.02. The van der Waals surface area contributed by atoms with Gasteiger partial charge in [-0.05, 0) is 56.7 Å². The molecule has 130 valence electrons. The minimum absolute atomic E-state index is 0.124. The number of benzene rings is 1. The van der Waals surface area contributed by atoms with Crippen molar-refractivity contribution in [2.45, 2.75) is 26.8 Å². The first-order valence-electron chi connectivity index (χ1n) is 8.02. The van der Waals surface area contributed by atoms with E-state index in [0.717, 1.165) is 10.6 Å². The summed E-state index contributed by atoms with van der Waals surface area (Å²) >= 11 is 7.69. The summed E-state index contributed by atoms with van der Waals surface area (Å²) in [5, 5.41) is 7.57. The molecule has 2 heterocycles. The van der Waals surface area contributed by atoms with Crippen LogP contribution in [0, 0.1) is 13.8 Å². The Labute approximate surface area is 156 Å². The lowest BCUT2D eigenvalue weighted by Crippen LogP contribution is -2.31. The number of carbonyl (C=O) groups excluding carboxylic acids is 1. The van der Waals surface area contributed by atoms with Crippen LogP contribution in [-0.2, 0) is 0 Å². The Morgan fingerprint density at radius 3 is 2.60 bits per heavy atom. The fraction of sp³-hybridized carbons (Fsp3) is 0.211. The first-order chi connectivity index (χ1) is 12.0. The number of halogens is 1. The highest BCUT2D eigenvalue weighted by Gasteiger charge is 2.20. The number of amides is 2. The quantitative estimate of drug-likeness (QED) is 0.606. The van der Waals surface area contributed by atoms with E-state index in [1.165, 1.54) is 10.4 Å². The van der Waals surface area contributed by atoms with Gasteiger partial charge in [-0.2, -0.15) is 0 Å². The number of hydrogen-bond acceptors (Lipinski definition) is 2. The Hall–Kier alpha value is -2.24. The van der Waals surface area contributed by atoms with E-state index in [-0.39, 0.29) is 12.1 Å². The van der Waals surface area contributed by atoms with Crippen LogP contribution >= 0.6 is 22.9 Å². The van der Waals surface area contributed by atoms with Gasteiger partial charge in [-0.3, -0.25) is 0 Å². The number of carbonyl (C=O) groups is 1. The highest BCUT2D eigenvalue weighted by Crippen LogP contribution is 2.35. The molecule has 2 amide bonds. The number of aromatic nitrogens is 1. The van der Waals surface area contributed by atoms with Crippen LogP contribution in [0.3, 0.4) is 0 Å². The molecule has 0 saturated heterocycles. The normalized spacial score (nSPS) is 12.0. The van der Waals surface area contributed by atoms with Gasteiger partial charge in [0.15, 0.2) is 0 Å². The molecule has 4 nitrogen and oxygen atoms in total. The van der Waals surface area contributed by atoms with Crippen molar-refractivity contribution < 1.29 is 4.79 Å². The zero-order chi connectivity index (χ0) is 18.0. The van der Waals surface area contributed by atoms with Gasteiger partial charge in [0.1, 0.15) is 5.00 Å². The summed E-state index contributed by atoms with van der Waals surface area (Å²) in [6.45, 7) is 6.20. The fourth-order valence-corrected chi connectivity index (χ4v) is 4.21. The molecule has 0 aliphatic rings. The number of urea groups is 1. The molecule has 0 unspecified atom stereocenters. The molecule has 0 radical (unpaired) electrons. The first kappa shape index (κ1) is 17.6. The second-order valence-electron chi connectivity index (χ2n) is 5.92. The van der Waals surface area contributed by atoms with Gasteiger partial charge in [-0.1, -0.05) is 17.7 Å². The molecule has 25 heavy (non-hydrogen) atoms. The summed E-state index contributed by atoms with van der Waals surface area (Å²) in [7, 11) is 0. The average Bonchev–Trinajstić information content (AvgIpc) is 3.16. The molecule has 3 aromatic rings. The number of anilines is 1. The van der Waals surface area contributed by atoms with Crippen molar-refractivity contribution in [2.75, 3.05) is 5.32 Å². The molecule has 1 atom stereocenters. The fourth-order valence-electron chi connectivity index (χ4n) is 2.80. The predicted octanol–water partition coefficient (Wildman–Crippen LogP) is 5.69. The molecular weight excluding hydrogens is 354 g/mol. The van der Waals surface area contributed by atoms with E-state index >= 15 is 0 Å². The summed E-state index contributed by atoms with van der Waals surface area (Å²) in [5.74, 6) is 0. The lowest BCUT2D eigenvalue weighted by Gasteiger charge is -2.17. The van der Waals surface area contributed by atoms with Crippen LogP contribution in [0.5, 0.6) is 0 Å². The highest BCUT2D eigenvalue weighted by molar-refractivity contribution is 7.14. The molecule has 6 heteroatoms. The van der Waals surface area contributed by atoms with E-state index in [1.807, 2.05) is 31.5 Å². The van der Waals surface area contributed by atoms with Crippen molar-refractivity contribution in [3.05, 3.63) is 69.8 Å². The van der Waals surface area contributed by atoms with Gasteiger partial charge in [0.05, 0.1) is 6.04 Å². The van der Waals surface area contributed by atoms with Crippen LogP contribution in [0.25, 0.3) is 5.00 Å². The molecule has 0 aliphatic carbocycles. The van der Waals surface area contributed by atoms with Crippen molar-refractivity contribution >= 4 is 34.7 Å². The maximum atomic E-state index is 12.4. The smallest absolute Gasteiger partial charge is 0.319 e. The third kappa shape index (κ3) is 3.89. The summed E-state index contributed by atoms with van der Waals surface area (Å²) in [4.78, 5) is 13.6. The zero-order valence-corrected chi connectivity index (χ0v) is 15.9. The maximum Gasteiger partial charge on any atom is 0.319 e. The molecule has 2 aromatic heterocycles. The van der Waals surface area contributed by atoms with Crippen LogP contribution in [-0.4, -0.2) is 10.6 Å². The van der Waals surface area contributed by atoms with Gasteiger partial charge in [0.2, 0.25) is 0 Å². The molecule has 0 spiro atoms. The van der Waals surface area contributed by atoms with Crippen molar-refractivity contribution in [2.24, 2.45) is 0 Å². The maximum absolute atomic E-state index is 12.4. The van der Waals surface area contributed by atoms with E-state index in [2.05, 4.69) is 29.0 Å². The lowest BCUT2D eigenvalue weighted by atomic mass is 10.1. The van der Waals surface area contributed by atoms with Gasteiger partial charge >= 0.3 is 6.03 Å². The number of aryl methyl sites for hydroxylation is 1. The third-order valence-electron chi connectivity index (χ3n) is 4.11. The minimum atomic E-state index is -0.253. The SMILES string of the molecule is Cc1sc(-n2cccc2)c([C@@H](C)NC(=O)Nc2cccc(Cl)c2)c1C. The molecule has 0 aliphatic heterocycles. The number of rotatable bonds is 4. The molecule has 1 aromatic carbocycles. The molecular formula is C19H20ClN3OS. The van der Waals surface area contributed by atoms with Gasteiger partial charge in [0.25, 0.3) is 0 Å². The van der Waals surface area contributed by atoms with E-state index in [9.17, 15) is 4.79 Å². The monoisotopic (exact) mass is 373 g/mol.